The van der Waals surface area contributed by atoms with E-state index in [1.807, 2.05) is 13.8 Å². The van der Waals surface area contributed by atoms with Crippen LogP contribution in [0, 0.1) is 52.8 Å². The number of benzene rings is 3. The molecule has 0 spiro atoms. The fourth-order valence-electron chi connectivity index (χ4n) is 3.12. The summed E-state index contributed by atoms with van der Waals surface area (Å²) >= 11 is 0. The van der Waals surface area contributed by atoms with Crippen molar-refractivity contribution in [3.63, 3.8) is 0 Å². The van der Waals surface area contributed by atoms with E-state index >= 15 is 0 Å². The van der Waals surface area contributed by atoms with Gasteiger partial charge in [-0.1, -0.05) is 50.0 Å². The Morgan fingerprint density at radius 3 is 1.59 bits per heavy atom. The lowest BCUT2D eigenvalue weighted by atomic mass is 10.1. The summed E-state index contributed by atoms with van der Waals surface area (Å²) in [5.74, 6) is 5.54. The highest BCUT2D eigenvalue weighted by molar-refractivity contribution is 5.50. The lowest BCUT2D eigenvalue weighted by Gasteiger charge is -2.03. The van der Waals surface area contributed by atoms with Gasteiger partial charge in [0.15, 0.2) is 0 Å². The summed E-state index contributed by atoms with van der Waals surface area (Å²) in [6, 6.07) is 8.61. The van der Waals surface area contributed by atoms with Crippen LogP contribution in [-0.2, 0) is 12.8 Å². The van der Waals surface area contributed by atoms with Gasteiger partial charge in [-0.25, -0.2) is 22.0 Å². The average molecular weight is 438 g/mol. The SMILES string of the molecule is CCCc1cc(F)c(C#Cc2cc(F)c(C#Cc3ccc(CC)c(F)c3)c(F)c2)c(F)c1. The van der Waals surface area contributed by atoms with Gasteiger partial charge < -0.3 is 0 Å². The summed E-state index contributed by atoms with van der Waals surface area (Å²) < 4.78 is 71.0. The molecule has 0 saturated heterocycles. The summed E-state index contributed by atoms with van der Waals surface area (Å²) in [5, 5.41) is 0. The van der Waals surface area contributed by atoms with Crippen LogP contribution in [0.5, 0.6) is 0 Å². The molecule has 0 unspecified atom stereocenters. The molecule has 0 fully saturated rings. The summed E-state index contributed by atoms with van der Waals surface area (Å²) in [7, 11) is 0. The largest absolute Gasteiger partial charge is 0.207 e. The molecule has 0 aliphatic rings. The van der Waals surface area contributed by atoms with E-state index < -0.39 is 40.2 Å². The van der Waals surface area contributed by atoms with Crippen molar-refractivity contribution >= 4 is 0 Å². The van der Waals surface area contributed by atoms with Crippen molar-refractivity contribution in [1.29, 1.82) is 0 Å². The highest BCUT2D eigenvalue weighted by Crippen LogP contribution is 2.18. The van der Waals surface area contributed by atoms with E-state index in [2.05, 4.69) is 23.7 Å². The van der Waals surface area contributed by atoms with E-state index in [4.69, 9.17) is 0 Å². The molecule has 3 aromatic rings. The van der Waals surface area contributed by atoms with Crippen LogP contribution in [0.2, 0.25) is 0 Å². The number of aryl methyl sites for hydroxylation is 2. The van der Waals surface area contributed by atoms with Crippen LogP contribution in [0.15, 0.2) is 42.5 Å². The van der Waals surface area contributed by atoms with Crippen molar-refractivity contribution < 1.29 is 22.0 Å². The molecule has 0 amide bonds. The zero-order valence-corrected chi connectivity index (χ0v) is 17.6. The Morgan fingerprint density at radius 2 is 1.09 bits per heavy atom. The zero-order valence-electron chi connectivity index (χ0n) is 17.6. The zero-order chi connectivity index (χ0) is 23.3. The molecule has 162 valence electrons. The first kappa shape index (κ1) is 23.1. The molecule has 32 heavy (non-hydrogen) atoms. The van der Waals surface area contributed by atoms with Gasteiger partial charge in [-0.05, 0) is 60.4 Å². The van der Waals surface area contributed by atoms with Crippen molar-refractivity contribution in [2.24, 2.45) is 0 Å². The third-order valence-corrected chi connectivity index (χ3v) is 4.78. The normalized spacial score (nSPS) is 10.2. The number of rotatable bonds is 3. The van der Waals surface area contributed by atoms with E-state index in [0.717, 1.165) is 18.6 Å². The van der Waals surface area contributed by atoms with Crippen LogP contribution in [0.4, 0.5) is 22.0 Å². The van der Waals surface area contributed by atoms with Crippen LogP contribution >= 0.6 is 0 Å². The first-order chi connectivity index (χ1) is 15.3. The van der Waals surface area contributed by atoms with Gasteiger partial charge in [0.25, 0.3) is 0 Å². The molecule has 0 N–H and O–H groups in total. The monoisotopic (exact) mass is 438 g/mol. The van der Waals surface area contributed by atoms with E-state index in [1.165, 1.54) is 18.2 Å². The second-order valence-corrected chi connectivity index (χ2v) is 7.16. The topological polar surface area (TPSA) is 0 Å². The van der Waals surface area contributed by atoms with Gasteiger partial charge in [0.1, 0.15) is 29.1 Å². The molecule has 0 bridgehead atoms. The Labute approximate surface area is 184 Å². The maximum Gasteiger partial charge on any atom is 0.143 e. The molecule has 0 aliphatic heterocycles. The van der Waals surface area contributed by atoms with Gasteiger partial charge in [-0.2, -0.15) is 0 Å². The van der Waals surface area contributed by atoms with E-state index in [9.17, 15) is 22.0 Å². The van der Waals surface area contributed by atoms with Gasteiger partial charge in [-0.15, -0.1) is 0 Å². The van der Waals surface area contributed by atoms with Crippen molar-refractivity contribution in [2.75, 3.05) is 0 Å². The molecular formula is C27H19F5. The van der Waals surface area contributed by atoms with Gasteiger partial charge in [0.05, 0.1) is 11.1 Å². The number of hydrogen-bond acceptors (Lipinski definition) is 0. The summed E-state index contributed by atoms with van der Waals surface area (Å²) in [4.78, 5) is 0. The Bertz CT molecular complexity index is 1240. The van der Waals surface area contributed by atoms with Crippen LogP contribution in [0.1, 0.15) is 53.6 Å². The van der Waals surface area contributed by atoms with Crippen LogP contribution in [-0.4, -0.2) is 0 Å². The van der Waals surface area contributed by atoms with E-state index in [0.29, 0.717) is 24.0 Å². The van der Waals surface area contributed by atoms with Gasteiger partial charge >= 0.3 is 0 Å². The summed E-state index contributed by atoms with van der Waals surface area (Å²) in [6.07, 6.45) is 1.77. The Morgan fingerprint density at radius 1 is 0.594 bits per heavy atom. The van der Waals surface area contributed by atoms with Gasteiger partial charge in [0, 0.05) is 11.1 Å². The fraction of sp³-hybridized carbons (Fsp3) is 0.185. The second kappa shape index (κ2) is 10.2. The maximum absolute atomic E-state index is 14.4. The first-order valence-corrected chi connectivity index (χ1v) is 10.1. The average Bonchev–Trinajstić information content (AvgIpc) is 2.73. The third-order valence-electron chi connectivity index (χ3n) is 4.78. The van der Waals surface area contributed by atoms with E-state index in [1.54, 1.807) is 12.1 Å². The molecule has 0 radical (unpaired) electrons. The minimum Gasteiger partial charge on any atom is -0.207 e. The van der Waals surface area contributed by atoms with Crippen LogP contribution in [0.3, 0.4) is 0 Å². The first-order valence-electron chi connectivity index (χ1n) is 10.1. The van der Waals surface area contributed by atoms with Crippen molar-refractivity contribution in [3.05, 3.63) is 105 Å². The predicted octanol–water partition coefficient (Wildman–Crippen LogP) is 6.70. The van der Waals surface area contributed by atoms with Crippen molar-refractivity contribution in [1.82, 2.24) is 0 Å². The lowest BCUT2D eigenvalue weighted by molar-refractivity contribution is 0.573. The number of hydrogen-bond donors (Lipinski definition) is 0. The Kier molecular flexibility index (Phi) is 7.33. The predicted molar refractivity (Wildman–Crippen MR) is 114 cm³/mol. The quantitative estimate of drug-likeness (QED) is 0.315. The third kappa shape index (κ3) is 5.37. The van der Waals surface area contributed by atoms with Crippen LogP contribution in [0.25, 0.3) is 0 Å². The van der Waals surface area contributed by atoms with E-state index in [-0.39, 0.29) is 11.1 Å². The number of halogens is 5. The molecule has 0 atom stereocenters. The smallest absolute Gasteiger partial charge is 0.143 e. The van der Waals surface area contributed by atoms with Gasteiger partial charge in [-0.3, -0.25) is 0 Å². The summed E-state index contributed by atoms with van der Waals surface area (Å²) in [5.41, 5.74) is 0.241. The van der Waals surface area contributed by atoms with Crippen LogP contribution < -0.4 is 0 Å². The minimum atomic E-state index is -0.980. The van der Waals surface area contributed by atoms with Gasteiger partial charge in [0.2, 0.25) is 0 Å². The Balaban J connectivity index is 1.89. The fourth-order valence-corrected chi connectivity index (χ4v) is 3.12. The molecule has 3 aromatic carbocycles. The molecule has 0 nitrogen and oxygen atoms in total. The second-order valence-electron chi connectivity index (χ2n) is 7.16. The molecule has 3 rings (SSSR count). The molecule has 5 heteroatoms. The highest BCUT2D eigenvalue weighted by Gasteiger charge is 2.11. The lowest BCUT2D eigenvalue weighted by Crippen LogP contribution is -1.95. The Hall–Kier alpha value is -3.57. The van der Waals surface area contributed by atoms with Crippen molar-refractivity contribution in [2.45, 2.75) is 33.1 Å². The maximum atomic E-state index is 14.4. The molecule has 0 aliphatic carbocycles. The summed E-state index contributed by atoms with van der Waals surface area (Å²) in [6.45, 7) is 3.70. The molecular weight excluding hydrogens is 419 g/mol. The molecule has 0 heterocycles. The highest BCUT2D eigenvalue weighted by atomic mass is 19.1. The standard InChI is InChI=1S/C27H19F5/c1-3-5-18-13-24(29)22(25(30)14-18)11-8-19-15-26(31)21(27(32)16-19)10-7-17-6-9-20(4-2)23(28)12-17/h6,9,12-16H,3-5H2,1-2H3. The molecule has 0 saturated carbocycles. The molecule has 0 aromatic heterocycles. The minimum absolute atomic E-state index is 0.0969. The van der Waals surface area contributed by atoms with Crippen molar-refractivity contribution in [3.8, 4) is 23.7 Å².